The third-order valence-electron chi connectivity index (χ3n) is 2.23. The molecule has 16 heavy (non-hydrogen) atoms. The Morgan fingerprint density at radius 2 is 2.31 bits per heavy atom. The molecule has 1 unspecified atom stereocenters. The third kappa shape index (κ3) is 3.79. The molecule has 0 bridgehead atoms. The van der Waals surface area contributed by atoms with Gasteiger partial charge in [-0.3, -0.25) is 4.79 Å². The minimum Gasteiger partial charge on any atom is -0.391 e. The van der Waals surface area contributed by atoms with Gasteiger partial charge in [0, 0.05) is 18.3 Å². The van der Waals surface area contributed by atoms with Crippen LogP contribution in [0.2, 0.25) is 5.15 Å². The van der Waals surface area contributed by atoms with Crippen molar-refractivity contribution in [2.75, 3.05) is 6.54 Å². The van der Waals surface area contributed by atoms with Crippen LogP contribution in [0.1, 0.15) is 24.2 Å². The van der Waals surface area contributed by atoms with E-state index in [4.69, 9.17) is 11.6 Å². The lowest BCUT2D eigenvalue weighted by Crippen LogP contribution is -2.34. The molecule has 2 N–H and O–H groups in total. The van der Waals surface area contributed by atoms with Crippen molar-refractivity contribution in [1.29, 1.82) is 0 Å². The van der Waals surface area contributed by atoms with Gasteiger partial charge < -0.3 is 10.4 Å². The van der Waals surface area contributed by atoms with Gasteiger partial charge in [-0.15, -0.1) is 0 Å². The minimum absolute atomic E-state index is 0.112. The molecule has 1 amide bonds. The van der Waals surface area contributed by atoms with Crippen LogP contribution in [0, 0.1) is 5.92 Å². The number of nitrogens with one attached hydrogen (secondary N) is 1. The van der Waals surface area contributed by atoms with E-state index < -0.39 is 6.10 Å². The van der Waals surface area contributed by atoms with Gasteiger partial charge >= 0.3 is 0 Å². The van der Waals surface area contributed by atoms with Crippen molar-refractivity contribution in [2.24, 2.45) is 5.92 Å². The molecule has 0 aliphatic carbocycles. The van der Waals surface area contributed by atoms with E-state index in [0.717, 1.165) is 0 Å². The molecule has 0 saturated heterocycles. The first-order chi connectivity index (χ1) is 7.50. The zero-order valence-corrected chi connectivity index (χ0v) is 10.0. The molecule has 1 heterocycles. The number of carbonyl (C=O) groups excluding carboxylic acids is 1. The van der Waals surface area contributed by atoms with E-state index in [1.165, 1.54) is 12.3 Å². The number of rotatable bonds is 4. The largest absolute Gasteiger partial charge is 0.391 e. The van der Waals surface area contributed by atoms with Crippen LogP contribution in [0.4, 0.5) is 0 Å². The quantitative estimate of drug-likeness (QED) is 0.787. The number of pyridine rings is 1. The lowest BCUT2D eigenvalue weighted by molar-refractivity contribution is 0.0871. The monoisotopic (exact) mass is 242 g/mol. The fourth-order valence-electron chi connectivity index (χ4n) is 1.08. The SMILES string of the molecule is CC(C)C(O)CNC(=O)c1ccnc(Cl)c1. The number of nitrogens with zero attached hydrogens (tertiary/aromatic N) is 1. The fourth-order valence-corrected chi connectivity index (χ4v) is 1.25. The molecule has 5 heteroatoms. The molecule has 0 saturated carbocycles. The summed E-state index contributed by atoms with van der Waals surface area (Å²) in [5.74, 6) is -0.148. The van der Waals surface area contributed by atoms with E-state index in [-0.39, 0.29) is 23.5 Å². The van der Waals surface area contributed by atoms with Gasteiger partial charge in [0.2, 0.25) is 0 Å². The predicted molar refractivity (Wildman–Crippen MR) is 62.4 cm³/mol. The second kappa shape index (κ2) is 5.82. The summed E-state index contributed by atoms with van der Waals surface area (Å²) in [6.45, 7) is 4.01. The van der Waals surface area contributed by atoms with Gasteiger partial charge in [0.1, 0.15) is 5.15 Å². The summed E-state index contributed by atoms with van der Waals surface area (Å²) in [5.41, 5.74) is 0.441. The molecule has 0 fully saturated rings. The van der Waals surface area contributed by atoms with Gasteiger partial charge in [-0.05, 0) is 18.1 Å². The number of hydrogen-bond donors (Lipinski definition) is 2. The summed E-state index contributed by atoms with van der Waals surface area (Å²) in [5, 5.41) is 12.4. The first-order valence-corrected chi connectivity index (χ1v) is 5.46. The Bertz CT molecular complexity index is 369. The molecule has 1 aromatic heterocycles. The van der Waals surface area contributed by atoms with Crippen LogP contribution in [-0.2, 0) is 0 Å². The Hall–Kier alpha value is -1.13. The molecular formula is C11H15ClN2O2. The Labute approximate surface area is 99.6 Å². The first kappa shape index (κ1) is 12.9. The molecule has 4 nitrogen and oxygen atoms in total. The highest BCUT2D eigenvalue weighted by Gasteiger charge is 2.12. The molecular weight excluding hydrogens is 228 g/mol. The zero-order chi connectivity index (χ0) is 12.1. The molecule has 0 radical (unpaired) electrons. The van der Waals surface area contributed by atoms with Crippen LogP contribution in [0.15, 0.2) is 18.3 Å². The molecule has 0 aliphatic heterocycles. The molecule has 1 atom stereocenters. The van der Waals surface area contributed by atoms with Gasteiger partial charge in [-0.25, -0.2) is 4.98 Å². The number of hydrogen-bond acceptors (Lipinski definition) is 3. The van der Waals surface area contributed by atoms with Crippen molar-refractivity contribution in [2.45, 2.75) is 20.0 Å². The highest BCUT2D eigenvalue weighted by molar-refractivity contribution is 6.29. The van der Waals surface area contributed by atoms with E-state index in [1.807, 2.05) is 13.8 Å². The second-order valence-electron chi connectivity index (χ2n) is 3.89. The maximum Gasteiger partial charge on any atom is 0.251 e. The van der Waals surface area contributed by atoms with Gasteiger partial charge in [0.25, 0.3) is 5.91 Å². The van der Waals surface area contributed by atoms with Crippen molar-refractivity contribution >= 4 is 17.5 Å². The van der Waals surface area contributed by atoms with Crippen molar-refractivity contribution < 1.29 is 9.90 Å². The maximum atomic E-state index is 11.6. The van der Waals surface area contributed by atoms with Crippen LogP contribution in [0.3, 0.4) is 0 Å². The first-order valence-electron chi connectivity index (χ1n) is 5.08. The highest BCUT2D eigenvalue weighted by atomic mass is 35.5. The molecule has 0 aromatic carbocycles. The summed E-state index contributed by atoms with van der Waals surface area (Å²) >= 11 is 5.66. The number of aliphatic hydroxyl groups excluding tert-OH is 1. The number of amides is 1. The number of halogens is 1. The van der Waals surface area contributed by atoms with Gasteiger partial charge in [0.05, 0.1) is 6.10 Å². The number of carbonyl (C=O) groups is 1. The van der Waals surface area contributed by atoms with Crippen LogP contribution < -0.4 is 5.32 Å². The zero-order valence-electron chi connectivity index (χ0n) is 9.27. The van der Waals surface area contributed by atoms with Gasteiger partial charge in [0.15, 0.2) is 0 Å². The number of aromatic nitrogens is 1. The Morgan fingerprint density at radius 3 is 2.88 bits per heavy atom. The van der Waals surface area contributed by atoms with E-state index in [9.17, 15) is 9.90 Å². The summed E-state index contributed by atoms with van der Waals surface area (Å²) in [4.78, 5) is 15.4. The Balaban J connectivity index is 2.53. The summed E-state index contributed by atoms with van der Waals surface area (Å²) in [7, 11) is 0. The molecule has 1 rings (SSSR count). The van der Waals surface area contributed by atoms with Crippen molar-refractivity contribution in [1.82, 2.24) is 10.3 Å². The minimum atomic E-state index is -0.541. The Kier molecular flexibility index (Phi) is 4.71. The van der Waals surface area contributed by atoms with Crippen LogP contribution in [0.25, 0.3) is 0 Å². The van der Waals surface area contributed by atoms with Crippen molar-refractivity contribution in [3.63, 3.8) is 0 Å². The normalized spacial score (nSPS) is 12.6. The lowest BCUT2D eigenvalue weighted by Gasteiger charge is -2.14. The number of aliphatic hydroxyl groups is 1. The fraction of sp³-hybridized carbons (Fsp3) is 0.455. The summed E-state index contributed by atoms with van der Waals surface area (Å²) in [6.07, 6.45) is 0.928. The van der Waals surface area contributed by atoms with E-state index in [1.54, 1.807) is 6.07 Å². The molecule has 88 valence electrons. The average molecular weight is 243 g/mol. The summed E-state index contributed by atoms with van der Waals surface area (Å²) < 4.78 is 0. The summed E-state index contributed by atoms with van der Waals surface area (Å²) in [6, 6.07) is 3.06. The third-order valence-corrected chi connectivity index (χ3v) is 2.44. The van der Waals surface area contributed by atoms with E-state index in [2.05, 4.69) is 10.3 Å². The lowest BCUT2D eigenvalue weighted by atomic mass is 10.1. The van der Waals surface area contributed by atoms with Gasteiger partial charge in [-0.2, -0.15) is 0 Å². The standard InChI is InChI=1S/C11H15ClN2O2/c1-7(2)9(15)6-14-11(16)8-3-4-13-10(12)5-8/h3-5,7,9,15H,6H2,1-2H3,(H,14,16). The molecule has 0 aliphatic rings. The molecule has 1 aromatic rings. The van der Waals surface area contributed by atoms with Crippen LogP contribution >= 0.6 is 11.6 Å². The van der Waals surface area contributed by atoms with Crippen LogP contribution in [-0.4, -0.2) is 28.6 Å². The van der Waals surface area contributed by atoms with E-state index in [0.29, 0.717) is 5.56 Å². The highest BCUT2D eigenvalue weighted by Crippen LogP contribution is 2.07. The van der Waals surface area contributed by atoms with E-state index >= 15 is 0 Å². The van der Waals surface area contributed by atoms with Crippen LogP contribution in [0.5, 0.6) is 0 Å². The smallest absolute Gasteiger partial charge is 0.251 e. The predicted octanol–water partition coefficient (Wildman–Crippen LogP) is 1.48. The van der Waals surface area contributed by atoms with Gasteiger partial charge in [-0.1, -0.05) is 25.4 Å². The second-order valence-corrected chi connectivity index (χ2v) is 4.28. The average Bonchev–Trinajstić information content (AvgIpc) is 2.25. The topological polar surface area (TPSA) is 62.2 Å². The van der Waals surface area contributed by atoms with Crippen molar-refractivity contribution in [3.05, 3.63) is 29.0 Å². The Morgan fingerprint density at radius 1 is 1.62 bits per heavy atom. The van der Waals surface area contributed by atoms with Crippen molar-refractivity contribution in [3.8, 4) is 0 Å². The molecule has 0 spiro atoms. The maximum absolute atomic E-state index is 11.6.